The van der Waals surface area contributed by atoms with Crippen LogP contribution in [0.1, 0.15) is 11.1 Å². The van der Waals surface area contributed by atoms with Crippen molar-refractivity contribution in [3.63, 3.8) is 0 Å². The van der Waals surface area contributed by atoms with E-state index in [0.717, 1.165) is 11.8 Å². The van der Waals surface area contributed by atoms with E-state index in [1.54, 1.807) is 12.1 Å². The summed E-state index contributed by atoms with van der Waals surface area (Å²) in [7, 11) is -5.59. The predicted octanol–water partition coefficient (Wildman–Crippen LogP) is 0.860. The van der Waals surface area contributed by atoms with Crippen LogP contribution in [0.15, 0.2) is 52.5 Å². The topological polar surface area (TPSA) is 70.0 Å². The summed E-state index contributed by atoms with van der Waals surface area (Å²) in [6, 6.07) is 10.3. The molecule has 0 amide bonds. The fraction of sp³-hybridized carbons (Fsp3) is 0.0714. The maximum absolute atomic E-state index is 13.7. The zero-order valence-electron chi connectivity index (χ0n) is 11.6. The van der Waals surface area contributed by atoms with E-state index in [9.17, 15) is 17.8 Å². The summed E-state index contributed by atoms with van der Waals surface area (Å²) >= 11 is 0. The van der Waals surface area contributed by atoms with Crippen LogP contribution < -0.4 is 5.46 Å². The van der Waals surface area contributed by atoms with E-state index in [4.69, 9.17) is 0 Å². The van der Waals surface area contributed by atoms with Gasteiger partial charge in [-0.1, -0.05) is 29.8 Å². The molecule has 2 aromatic rings. The number of fused-ring (bicyclic) bond motifs is 1. The van der Waals surface area contributed by atoms with Gasteiger partial charge in [-0.2, -0.15) is 9.43 Å². The molecule has 0 aromatic heterocycles. The Morgan fingerprint density at radius 2 is 1.86 bits per heavy atom. The highest BCUT2D eigenvalue weighted by molar-refractivity contribution is 7.90. The first kappa shape index (κ1) is 14.7. The number of rotatable bonds is 2. The van der Waals surface area contributed by atoms with Gasteiger partial charge in [-0.25, -0.2) is 12.8 Å². The molecule has 1 N–H and O–H groups in total. The molecule has 1 aliphatic heterocycles. The smallest absolute Gasteiger partial charge is 0.427 e. The van der Waals surface area contributed by atoms with Crippen LogP contribution in [0.5, 0.6) is 0 Å². The van der Waals surface area contributed by atoms with Crippen molar-refractivity contribution in [1.82, 2.24) is 4.33 Å². The normalized spacial score (nSPS) is 14.1. The van der Waals surface area contributed by atoms with Crippen molar-refractivity contribution in [2.75, 3.05) is 0 Å². The summed E-state index contributed by atoms with van der Waals surface area (Å²) in [6.07, 6.45) is 1.10. The Bertz CT molecular complexity index is 853. The van der Waals surface area contributed by atoms with E-state index in [-0.39, 0.29) is 15.9 Å². The molecule has 0 atom stereocenters. The minimum Gasteiger partial charge on any atom is -0.427 e. The number of halogens is 1. The summed E-state index contributed by atoms with van der Waals surface area (Å²) < 4.78 is 39.4. The highest BCUT2D eigenvalue weighted by Crippen LogP contribution is 2.20. The van der Waals surface area contributed by atoms with Crippen LogP contribution >= 0.6 is 0 Å². The SMILES string of the molecule is Cc1ccc(S(=O)(=O)N2N=Cc3c(F)cccc3B2O)cc1. The summed E-state index contributed by atoms with van der Waals surface area (Å²) in [6.45, 7) is 1.84. The monoisotopic (exact) mass is 318 g/mol. The first-order chi connectivity index (χ1) is 10.4. The highest BCUT2D eigenvalue weighted by Gasteiger charge is 2.38. The van der Waals surface area contributed by atoms with Gasteiger partial charge in [0.1, 0.15) is 5.82 Å². The van der Waals surface area contributed by atoms with E-state index in [1.807, 2.05) is 6.92 Å². The molecule has 1 aliphatic rings. The number of aryl methyl sites for hydroxylation is 1. The predicted molar refractivity (Wildman–Crippen MR) is 81.8 cm³/mol. The number of hydrogen-bond acceptors (Lipinski definition) is 4. The van der Waals surface area contributed by atoms with E-state index >= 15 is 0 Å². The summed E-state index contributed by atoms with van der Waals surface area (Å²) in [4.78, 5) is 0.00848. The summed E-state index contributed by atoms with van der Waals surface area (Å²) in [5.74, 6) is -0.562. The summed E-state index contributed by atoms with van der Waals surface area (Å²) in [5, 5.41) is 14.0. The van der Waals surface area contributed by atoms with Gasteiger partial charge in [-0.05, 0) is 30.6 Å². The zero-order valence-corrected chi connectivity index (χ0v) is 12.5. The molecule has 0 aliphatic carbocycles. The standard InChI is InChI=1S/C14H12BFN2O3S/c1-10-5-7-11(8-6-10)22(20,21)18-15(19)13-3-2-4-14(16)12(13)9-17-18/h2-9,19H,1H3. The molecular formula is C14H12BFN2O3S. The molecule has 0 spiro atoms. The molecule has 0 saturated carbocycles. The fourth-order valence-electron chi connectivity index (χ4n) is 2.22. The number of sulfonamides is 1. The number of hydrogen-bond donors (Lipinski definition) is 1. The molecule has 0 fully saturated rings. The third-order valence-corrected chi connectivity index (χ3v) is 5.09. The van der Waals surface area contributed by atoms with Crippen molar-refractivity contribution >= 4 is 28.8 Å². The van der Waals surface area contributed by atoms with Crippen molar-refractivity contribution in [1.29, 1.82) is 0 Å². The Morgan fingerprint density at radius 3 is 2.55 bits per heavy atom. The van der Waals surface area contributed by atoms with Gasteiger partial charge in [0.2, 0.25) is 0 Å². The van der Waals surface area contributed by atoms with E-state index in [1.165, 1.54) is 30.3 Å². The van der Waals surface area contributed by atoms with Gasteiger partial charge >= 0.3 is 7.05 Å². The molecule has 0 radical (unpaired) electrons. The highest BCUT2D eigenvalue weighted by atomic mass is 32.2. The van der Waals surface area contributed by atoms with Crippen molar-refractivity contribution in [3.8, 4) is 0 Å². The second-order valence-electron chi connectivity index (χ2n) is 4.95. The van der Waals surface area contributed by atoms with Gasteiger partial charge in [-0.3, -0.25) is 0 Å². The third kappa shape index (κ3) is 2.30. The van der Waals surface area contributed by atoms with E-state index in [0.29, 0.717) is 4.33 Å². The minimum atomic E-state index is -4.02. The first-order valence-electron chi connectivity index (χ1n) is 6.53. The van der Waals surface area contributed by atoms with Gasteiger partial charge in [0.05, 0.1) is 11.1 Å². The maximum atomic E-state index is 13.7. The third-order valence-electron chi connectivity index (χ3n) is 3.44. The van der Waals surface area contributed by atoms with Crippen LogP contribution in [0.25, 0.3) is 0 Å². The average molecular weight is 318 g/mol. The first-order valence-corrected chi connectivity index (χ1v) is 7.97. The van der Waals surface area contributed by atoms with Crippen LogP contribution in [0, 0.1) is 12.7 Å². The molecule has 0 saturated heterocycles. The van der Waals surface area contributed by atoms with Crippen LogP contribution in [0.3, 0.4) is 0 Å². The minimum absolute atomic E-state index is 0.00848. The second-order valence-corrected chi connectivity index (χ2v) is 6.75. The fourth-order valence-corrected chi connectivity index (χ4v) is 3.47. The lowest BCUT2D eigenvalue weighted by molar-refractivity contribution is 0.475. The Hall–Kier alpha value is -2.19. The van der Waals surface area contributed by atoms with Gasteiger partial charge in [0.15, 0.2) is 0 Å². The Kier molecular flexibility index (Phi) is 3.50. The van der Waals surface area contributed by atoms with Gasteiger partial charge in [0.25, 0.3) is 10.0 Å². The lowest BCUT2D eigenvalue weighted by atomic mass is 9.71. The Balaban J connectivity index is 2.05. The second kappa shape index (κ2) is 5.22. The van der Waals surface area contributed by atoms with Gasteiger partial charge in [0, 0.05) is 5.56 Å². The van der Waals surface area contributed by atoms with Crippen molar-refractivity contribution in [3.05, 3.63) is 59.4 Å². The lowest BCUT2D eigenvalue weighted by Gasteiger charge is -2.26. The quantitative estimate of drug-likeness (QED) is 0.835. The van der Waals surface area contributed by atoms with Crippen molar-refractivity contribution in [2.24, 2.45) is 5.10 Å². The number of benzene rings is 2. The van der Waals surface area contributed by atoms with E-state index in [2.05, 4.69) is 5.10 Å². The molecule has 0 bridgehead atoms. The molecular weight excluding hydrogens is 306 g/mol. The molecule has 22 heavy (non-hydrogen) atoms. The molecule has 5 nitrogen and oxygen atoms in total. The van der Waals surface area contributed by atoms with Gasteiger partial charge < -0.3 is 5.02 Å². The lowest BCUT2D eigenvalue weighted by Crippen LogP contribution is -2.52. The maximum Gasteiger partial charge on any atom is 0.484 e. The van der Waals surface area contributed by atoms with Crippen LogP contribution in [-0.2, 0) is 10.0 Å². The molecule has 2 aromatic carbocycles. The van der Waals surface area contributed by atoms with Crippen molar-refractivity contribution in [2.45, 2.75) is 11.8 Å². The number of nitrogens with zero attached hydrogens (tertiary/aromatic N) is 2. The van der Waals surface area contributed by atoms with Crippen LogP contribution in [0.4, 0.5) is 4.39 Å². The molecule has 3 rings (SSSR count). The van der Waals surface area contributed by atoms with Crippen LogP contribution in [-0.4, -0.2) is 31.0 Å². The van der Waals surface area contributed by atoms with Crippen LogP contribution in [0.2, 0.25) is 0 Å². The number of hydrazone groups is 1. The Labute approximate surface area is 127 Å². The zero-order chi connectivity index (χ0) is 15.9. The van der Waals surface area contributed by atoms with Crippen molar-refractivity contribution < 1.29 is 17.8 Å². The molecule has 1 heterocycles. The molecule has 8 heteroatoms. The largest absolute Gasteiger partial charge is 0.484 e. The average Bonchev–Trinajstić information content (AvgIpc) is 2.49. The Morgan fingerprint density at radius 1 is 1.18 bits per heavy atom. The summed E-state index contributed by atoms with van der Waals surface area (Å²) in [5.41, 5.74) is 1.16. The molecule has 112 valence electrons. The molecule has 0 unspecified atom stereocenters. The van der Waals surface area contributed by atoms with E-state index < -0.39 is 22.9 Å². The van der Waals surface area contributed by atoms with Gasteiger partial charge in [-0.15, -0.1) is 0 Å².